The molecule has 1 amide bonds. The van der Waals surface area contributed by atoms with Gasteiger partial charge < -0.3 is 10.2 Å². The van der Waals surface area contributed by atoms with Crippen LogP contribution in [-0.4, -0.2) is 46.8 Å². The van der Waals surface area contributed by atoms with Crippen molar-refractivity contribution in [1.29, 1.82) is 0 Å². The largest absolute Gasteiger partial charge is 0.337 e. The van der Waals surface area contributed by atoms with E-state index >= 15 is 0 Å². The molecule has 1 saturated heterocycles. The summed E-state index contributed by atoms with van der Waals surface area (Å²) in [6.07, 6.45) is 2.17. The van der Waals surface area contributed by atoms with Gasteiger partial charge in [-0.15, -0.1) is 12.4 Å². The molecular formula is C17H31ClN4O. The zero-order chi connectivity index (χ0) is 16.3. The second-order valence-electron chi connectivity index (χ2n) is 7.33. The first-order valence-electron chi connectivity index (χ1n) is 8.37. The molecule has 0 bridgehead atoms. The SMILES string of the molecule is CCNCC1CCN(C(=O)c2cc(C(C)(C)C)nn2C)CC1.Cl. The van der Waals surface area contributed by atoms with Crippen molar-refractivity contribution in [2.24, 2.45) is 13.0 Å². The summed E-state index contributed by atoms with van der Waals surface area (Å²) in [5.74, 6) is 0.813. The Hall–Kier alpha value is -1.07. The maximum Gasteiger partial charge on any atom is 0.272 e. The minimum atomic E-state index is -0.0326. The predicted octanol–water partition coefficient (Wildman–Crippen LogP) is 2.60. The van der Waals surface area contributed by atoms with Crippen LogP contribution >= 0.6 is 12.4 Å². The lowest BCUT2D eigenvalue weighted by Crippen LogP contribution is -2.41. The van der Waals surface area contributed by atoms with E-state index in [1.165, 1.54) is 0 Å². The van der Waals surface area contributed by atoms with E-state index in [9.17, 15) is 4.79 Å². The van der Waals surface area contributed by atoms with E-state index in [1.54, 1.807) is 4.68 Å². The number of hydrogen-bond donors (Lipinski definition) is 1. The molecule has 6 heteroatoms. The molecule has 5 nitrogen and oxygen atoms in total. The fourth-order valence-electron chi connectivity index (χ4n) is 2.88. The van der Waals surface area contributed by atoms with Gasteiger partial charge in [0.2, 0.25) is 0 Å². The fraction of sp³-hybridized carbons (Fsp3) is 0.765. The first-order chi connectivity index (χ1) is 10.3. The second-order valence-corrected chi connectivity index (χ2v) is 7.33. The summed E-state index contributed by atoms with van der Waals surface area (Å²) in [5.41, 5.74) is 1.64. The highest BCUT2D eigenvalue weighted by Gasteiger charge is 2.27. The van der Waals surface area contributed by atoms with Crippen molar-refractivity contribution < 1.29 is 4.79 Å². The van der Waals surface area contributed by atoms with Crippen LogP contribution < -0.4 is 5.32 Å². The molecule has 1 aliphatic heterocycles. The summed E-state index contributed by atoms with van der Waals surface area (Å²) in [6.45, 7) is 12.3. The summed E-state index contributed by atoms with van der Waals surface area (Å²) >= 11 is 0. The standard InChI is InChI=1S/C17H30N4O.ClH/c1-6-18-12-13-7-9-21(10-8-13)16(22)14-11-15(17(2,3)4)19-20(14)5;/h11,13,18H,6-10,12H2,1-5H3;1H. The van der Waals surface area contributed by atoms with Crippen molar-refractivity contribution in [3.63, 3.8) is 0 Å². The molecule has 0 spiro atoms. The fourth-order valence-corrected chi connectivity index (χ4v) is 2.88. The number of carbonyl (C=O) groups excluding carboxylic acids is 1. The van der Waals surface area contributed by atoms with Crippen LogP contribution in [0.15, 0.2) is 6.07 Å². The average molecular weight is 343 g/mol. The number of amides is 1. The number of aromatic nitrogens is 2. The zero-order valence-electron chi connectivity index (χ0n) is 15.1. The van der Waals surface area contributed by atoms with Crippen LogP contribution in [0.4, 0.5) is 0 Å². The highest BCUT2D eigenvalue weighted by atomic mass is 35.5. The van der Waals surface area contributed by atoms with Crippen LogP contribution in [0, 0.1) is 5.92 Å². The molecule has 0 saturated carbocycles. The van der Waals surface area contributed by atoms with Crippen molar-refractivity contribution in [2.75, 3.05) is 26.2 Å². The van der Waals surface area contributed by atoms with Gasteiger partial charge in [-0.3, -0.25) is 9.48 Å². The quantitative estimate of drug-likeness (QED) is 0.915. The number of rotatable bonds is 4. The Kier molecular flexibility index (Phi) is 7.08. The number of nitrogens with one attached hydrogen (secondary N) is 1. The number of piperidine rings is 1. The summed E-state index contributed by atoms with van der Waals surface area (Å²) in [5, 5.41) is 7.92. The molecular weight excluding hydrogens is 312 g/mol. The predicted molar refractivity (Wildman–Crippen MR) is 96.3 cm³/mol. The third-order valence-electron chi connectivity index (χ3n) is 4.45. The van der Waals surface area contributed by atoms with Crippen molar-refractivity contribution in [2.45, 2.75) is 46.0 Å². The molecule has 1 aromatic heterocycles. The molecule has 1 N–H and O–H groups in total. The van der Waals surface area contributed by atoms with Crippen LogP contribution in [0.1, 0.15) is 56.7 Å². The number of likely N-dealkylation sites (tertiary alicyclic amines) is 1. The topological polar surface area (TPSA) is 50.2 Å². The van der Waals surface area contributed by atoms with Crippen LogP contribution in [-0.2, 0) is 12.5 Å². The Morgan fingerprint density at radius 3 is 2.43 bits per heavy atom. The van der Waals surface area contributed by atoms with E-state index in [1.807, 2.05) is 18.0 Å². The smallest absolute Gasteiger partial charge is 0.272 e. The van der Waals surface area contributed by atoms with Gasteiger partial charge in [-0.05, 0) is 37.9 Å². The van der Waals surface area contributed by atoms with Gasteiger partial charge in [0.05, 0.1) is 5.69 Å². The molecule has 0 atom stereocenters. The number of hydrogen-bond acceptors (Lipinski definition) is 3. The van der Waals surface area contributed by atoms with Gasteiger partial charge in [-0.25, -0.2) is 0 Å². The van der Waals surface area contributed by atoms with Crippen LogP contribution in [0.5, 0.6) is 0 Å². The first kappa shape index (κ1) is 20.0. The minimum absolute atomic E-state index is 0. The molecule has 1 aromatic rings. The Bertz CT molecular complexity index is 513. The van der Waals surface area contributed by atoms with Crippen molar-refractivity contribution in [3.8, 4) is 0 Å². The molecule has 0 unspecified atom stereocenters. The van der Waals surface area contributed by atoms with Crippen LogP contribution in [0.25, 0.3) is 0 Å². The molecule has 1 aliphatic rings. The third-order valence-corrected chi connectivity index (χ3v) is 4.45. The molecule has 0 aromatic carbocycles. The Balaban J connectivity index is 0.00000264. The number of carbonyl (C=O) groups is 1. The first-order valence-corrected chi connectivity index (χ1v) is 8.37. The average Bonchev–Trinajstić information content (AvgIpc) is 2.87. The van der Waals surface area contributed by atoms with Gasteiger partial charge >= 0.3 is 0 Å². The summed E-state index contributed by atoms with van der Waals surface area (Å²) in [6, 6.07) is 1.95. The minimum Gasteiger partial charge on any atom is -0.337 e. The van der Waals surface area contributed by atoms with Gasteiger partial charge in [-0.1, -0.05) is 27.7 Å². The van der Waals surface area contributed by atoms with Gasteiger partial charge in [0.15, 0.2) is 0 Å². The Labute approximate surface area is 146 Å². The Morgan fingerprint density at radius 2 is 1.96 bits per heavy atom. The molecule has 1 fully saturated rings. The lowest BCUT2D eigenvalue weighted by atomic mass is 9.92. The molecule has 23 heavy (non-hydrogen) atoms. The highest BCUT2D eigenvalue weighted by molar-refractivity contribution is 5.92. The summed E-state index contributed by atoms with van der Waals surface area (Å²) < 4.78 is 1.73. The molecule has 0 aliphatic carbocycles. The van der Waals surface area contributed by atoms with E-state index in [0.717, 1.165) is 44.7 Å². The lowest BCUT2D eigenvalue weighted by molar-refractivity contribution is 0.0679. The summed E-state index contributed by atoms with van der Waals surface area (Å²) in [4.78, 5) is 14.7. The van der Waals surface area contributed by atoms with E-state index in [4.69, 9.17) is 0 Å². The molecule has 132 valence electrons. The second kappa shape index (κ2) is 8.15. The summed E-state index contributed by atoms with van der Waals surface area (Å²) in [7, 11) is 1.86. The number of halogens is 1. The number of nitrogens with zero attached hydrogens (tertiary/aromatic N) is 3. The molecule has 0 radical (unpaired) electrons. The van der Waals surface area contributed by atoms with E-state index in [0.29, 0.717) is 11.6 Å². The van der Waals surface area contributed by atoms with Crippen LogP contribution in [0.2, 0.25) is 0 Å². The van der Waals surface area contributed by atoms with Crippen molar-refractivity contribution in [1.82, 2.24) is 20.0 Å². The monoisotopic (exact) mass is 342 g/mol. The number of aryl methyl sites for hydroxylation is 1. The van der Waals surface area contributed by atoms with E-state index in [2.05, 4.69) is 38.1 Å². The van der Waals surface area contributed by atoms with Gasteiger partial charge in [0.25, 0.3) is 5.91 Å². The van der Waals surface area contributed by atoms with Gasteiger partial charge in [-0.2, -0.15) is 5.10 Å². The van der Waals surface area contributed by atoms with Gasteiger partial charge in [0, 0.05) is 25.6 Å². The zero-order valence-corrected chi connectivity index (χ0v) is 15.9. The molecule has 2 rings (SSSR count). The van der Waals surface area contributed by atoms with Crippen LogP contribution in [0.3, 0.4) is 0 Å². The highest BCUT2D eigenvalue weighted by Crippen LogP contribution is 2.23. The van der Waals surface area contributed by atoms with E-state index in [-0.39, 0.29) is 23.7 Å². The Morgan fingerprint density at radius 1 is 1.35 bits per heavy atom. The lowest BCUT2D eigenvalue weighted by Gasteiger charge is -2.32. The normalized spacial score (nSPS) is 16.3. The van der Waals surface area contributed by atoms with Crippen molar-refractivity contribution in [3.05, 3.63) is 17.5 Å². The van der Waals surface area contributed by atoms with Gasteiger partial charge in [0.1, 0.15) is 5.69 Å². The third kappa shape index (κ3) is 4.95. The van der Waals surface area contributed by atoms with E-state index < -0.39 is 0 Å². The maximum absolute atomic E-state index is 12.7. The molecule has 2 heterocycles. The maximum atomic E-state index is 12.7. The van der Waals surface area contributed by atoms with Crippen molar-refractivity contribution >= 4 is 18.3 Å².